The molecule has 1 N–H and O–H groups in total. The molecule has 112 valence electrons. The molecular formula is C16H16N4OS. The summed E-state index contributed by atoms with van der Waals surface area (Å²) >= 11 is 5.29. The predicted molar refractivity (Wildman–Crippen MR) is 90.3 cm³/mol. The summed E-state index contributed by atoms with van der Waals surface area (Å²) < 4.78 is 1.89. The van der Waals surface area contributed by atoms with Crippen LogP contribution in [-0.4, -0.2) is 20.8 Å². The van der Waals surface area contributed by atoms with Crippen molar-refractivity contribution >= 4 is 35.0 Å². The number of anilines is 1. The fourth-order valence-electron chi connectivity index (χ4n) is 2.42. The maximum absolute atomic E-state index is 12.6. The highest BCUT2D eigenvalue weighted by Gasteiger charge is 2.31. The van der Waals surface area contributed by atoms with Gasteiger partial charge in [-0.3, -0.25) is 14.4 Å². The Kier molecular flexibility index (Phi) is 3.77. The summed E-state index contributed by atoms with van der Waals surface area (Å²) in [4.78, 5) is 14.1. The Morgan fingerprint density at radius 1 is 1.32 bits per heavy atom. The second-order valence-corrected chi connectivity index (χ2v) is 5.35. The number of amides is 1. The number of rotatable bonds is 3. The Morgan fingerprint density at radius 2 is 2.05 bits per heavy atom. The molecule has 1 fully saturated rings. The van der Waals surface area contributed by atoms with Gasteiger partial charge < -0.3 is 5.32 Å². The third kappa shape index (κ3) is 2.42. The second-order valence-electron chi connectivity index (χ2n) is 4.97. The van der Waals surface area contributed by atoms with Crippen LogP contribution in [0.15, 0.2) is 42.2 Å². The number of para-hydroxylation sites is 1. The first-order chi connectivity index (χ1) is 10.6. The number of nitrogens with one attached hydrogen (secondary N) is 1. The Hall–Kier alpha value is -2.47. The summed E-state index contributed by atoms with van der Waals surface area (Å²) in [5, 5.41) is 7.66. The van der Waals surface area contributed by atoms with Gasteiger partial charge in [0, 0.05) is 17.8 Å². The number of nitrogens with zero attached hydrogens (tertiary/aromatic N) is 3. The first-order valence-corrected chi connectivity index (χ1v) is 7.47. The van der Waals surface area contributed by atoms with Gasteiger partial charge >= 0.3 is 0 Å². The molecule has 1 aliphatic rings. The zero-order valence-electron chi connectivity index (χ0n) is 12.4. The highest BCUT2D eigenvalue weighted by atomic mass is 32.1. The fraction of sp³-hybridized carbons (Fsp3) is 0.188. The van der Waals surface area contributed by atoms with Crippen molar-refractivity contribution in [2.24, 2.45) is 0 Å². The van der Waals surface area contributed by atoms with Crippen LogP contribution in [0.1, 0.15) is 18.2 Å². The van der Waals surface area contributed by atoms with Crippen molar-refractivity contribution in [3.63, 3.8) is 0 Å². The first kappa shape index (κ1) is 14.5. The zero-order valence-corrected chi connectivity index (χ0v) is 13.2. The lowest BCUT2D eigenvalue weighted by Gasteiger charge is -2.13. The lowest BCUT2D eigenvalue weighted by molar-refractivity contribution is -0.113. The summed E-state index contributed by atoms with van der Waals surface area (Å²) in [6.45, 7) is 4.81. The minimum atomic E-state index is -0.153. The lowest BCUT2D eigenvalue weighted by atomic mass is 10.2. The summed E-state index contributed by atoms with van der Waals surface area (Å²) in [7, 11) is 0. The largest absolute Gasteiger partial charge is 0.327 e. The smallest absolute Gasteiger partial charge is 0.281 e. The van der Waals surface area contributed by atoms with Crippen molar-refractivity contribution in [3.05, 3.63) is 53.5 Å². The SMILES string of the molecule is CCn1ncc(C=C2NC(=S)N(c3ccccc3)C2=O)c1C. The summed E-state index contributed by atoms with van der Waals surface area (Å²) in [6.07, 6.45) is 3.56. The van der Waals surface area contributed by atoms with Crippen molar-refractivity contribution in [2.75, 3.05) is 4.90 Å². The van der Waals surface area contributed by atoms with Gasteiger partial charge in [0.1, 0.15) is 5.70 Å². The minimum absolute atomic E-state index is 0.153. The van der Waals surface area contributed by atoms with Gasteiger partial charge in [-0.25, -0.2) is 0 Å². The Labute approximate surface area is 134 Å². The molecule has 0 spiro atoms. The topological polar surface area (TPSA) is 50.2 Å². The van der Waals surface area contributed by atoms with Gasteiger partial charge in [0.05, 0.1) is 11.9 Å². The molecule has 2 aromatic rings. The molecule has 0 bridgehead atoms. The van der Waals surface area contributed by atoms with Crippen molar-refractivity contribution in [3.8, 4) is 0 Å². The van der Waals surface area contributed by atoms with Crippen LogP contribution < -0.4 is 10.2 Å². The van der Waals surface area contributed by atoms with Gasteiger partial charge in [0.2, 0.25) is 0 Å². The Balaban J connectivity index is 1.94. The van der Waals surface area contributed by atoms with E-state index >= 15 is 0 Å². The van der Waals surface area contributed by atoms with Crippen LogP contribution in [0.2, 0.25) is 0 Å². The van der Waals surface area contributed by atoms with E-state index in [4.69, 9.17) is 12.2 Å². The van der Waals surface area contributed by atoms with Gasteiger partial charge in [-0.05, 0) is 44.3 Å². The number of hydrogen-bond donors (Lipinski definition) is 1. The number of aromatic nitrogens is 2. The molecule has 1 aromatic heterocycles. The van der Waals surface area contributed by atoms with Crippen LogP contribution in [0.3, 0.4) is 0 Å². The molecule has 0 aliphatic carbocycles. The van der Waals surface area contributed by atoms with Crippen LogP contribution in [0.25, 0.3) is 6.08 Å². The molecule has 0 radical (unpaired) electrons. The molecule has 1 amide bonds. The molecule has 22 heavy (non-hydrogen) atoms. The van der Waals surface area contributed by atoms with Crippen molar-refractivity contribution < 1.29 is 4.79 Å². The summed E-state index contributed by atoms with van der Waals surface area (Å²) in [6, 6.07) is 9.37. The minimum Gasteiger partial charge on any atom is -0.327 e. The fourth-order valence-corrected chi connectivity index (χ4v) is 2.72. The Morgan fingerprint density at radius 3 is 2.68 bits per heavy atom. The van der Waals surface area contributed by atoms with E-state index in [1.54, 1.807) is 12.3 Å². The number of carbonyl (C=O) groups is 1. The lowest BCUT2D eigenvalue weighted by Crippen LogP contribution is -2.30. The maximum Gasteiger partial charge on any atom is 0.281 e. The van der Waals surface area contributed by atoms with Crippen LogP contribution in [-0.2, 0) is 11.3 Å². The van der Waals surface area contributed by atoms with Crippen LogP contribution in [0.4, 0.5) is 5.69 Å². The number of carbonyl (C=O) groups excluding carboxylic acids is 1. The molecule has 6 heteroatoms. The number of aryl methyl sites for hydroxylation is 1. The van der Waals surface area contributed by atoms with Gasteiger partial charge in [-0.1, -0.05) is 18.2 Å². The van der Waals surface area contributed by atoms with Crippen LogP contribution in [0, 0.1) is 6.92 Å². The van der Waals surface area contributed by atoms with Crippen LogP contribution in [0.5, 0.6) is 0 Å². The van der Waals surface area contributed by atoms with Crippen molar-refractivity contribution in [1.29, 1.82) is 0 Å². The van der Waals surface area contributed by atoms with E-state index < -0.39 is 0 Å². The standard InChI is InChI=1S/C16H16N4OS/c1-3-19-11(2)12(10-17-19)9-14-15(21)20(16(22)18-14)13-7-5-4-6-8-13/h4-10H,3H2,1-2H3,(H,18,22). The van der Waals surface area contributed by atoms with E-state index in [-0.39, 0.29) is 5.91 Å². The van der Waals surface area contributed by atoms with E-state index in [0.29, 0.717) is 10.8 Å². The van der Waals surface area contributed by atoms with Crippen molar-refractivity contribution in [2.45, 2.75) is 20.4 Å². The van der Waals surface area contributed by atoms with E-state index in [1.165, 1.54) is 4.90 Å². The van der Waals surface area contributed by atoms with E-state index in [0.717, 1.165) is 23.5 Å². The molecule has 1 aliphatic heterocycles. The number of hydrogen-bond acceptors (Lipinski definition) is 3. The average molecular weight is 312 g/mol. The number of benzene rings is 1. The molecule has 5 nitrogen and oxygen atoms in total. The predicted octanol–water partition coefficient (Wildman–Crippen LogP) is 2.47. The molecule has 1 aromatic carbocycles. The monoisotopic (exact) mass is 312 g/mol. The normalized spacial score (nSPS) is 16.5. The van der Waals surface area contributed by atoms with Gasteiger partial charge in [0.25, 0.3) is 5.91 Å². The van der Waals surface area contributed by atoms with Gasteiger partial charge in [-0.2, -0.15) is 5.10 Å². The summed E-state index contributed by atoms with van der Waals surface area (Å²) in [5.74, 6) is -0.153. The molecule has 0 unspecified atom stereocenters. The Bertz CT molecular complexity index is 764. The van der Waals surface area contributed by atoms with Gasteiger partial charge in [0.15, 0.2) is 5.11 Å². The average Bonchev–Trinajstić information content (AvgIpc) is 3.01. The molecule has 3 rings (SSSR count). The van der Waals surface area contributed by atoms with Crippen LogP contribution >= 0.6 is 12.2 Å². The second kappa shape index (κ2) is 5.73. The van der Waals surface area contributed by atoms with E-state index in [2.05, 4.69) is 10.4 Å². The van der Waals surface area contributed by atoms with Crippen molar-refractivity contribution in [1.82, 2.24) is 15.1 Å². The molecule has 0 saturated carbocycles. The van der Waals surface area contributed by atoms with Gasteiger partial charge in [-0.15, -0.1) is 0 Å². The highest BCUT2D eigenvalue weighted by molar-refractivity contribution is 7.80. The quantitative estimate of drug-likeness (QED) is 0.699. The molecule has 2 heterocycles. The van der Waals surface area contributed by atoms with E-state index in [9.17, 15) is 4.79 Å². The third-order valence-electron chi connectivity index (χ3n) is 3.63. The number of thiocarbonyl (C=S) groups is 1. The van der Waals surface area contributed by atoms with E-state index in [1.807, 2.05) is 48.9 Å². The molecule has 1 saturated heterocycles. The zero-order chi connectivity index (χ0) is 15.7. The molecule has 0 atom stereocenters. The molecular weight excluding hydrogens is 296 g/mol. The third-order valence-corrected chi connectivity index (χ3v) is 3.92. The summed E-state index contributed by atoms with van der Waals surface area (Å²) in [5.41, 5.74) is 3.16. The highest BCUT2D eigenvalue weighted by Crippen LogP contribution is 2.22. The first-order valence-electron chi connectivity index (χ1n) is 7.06. The maximum atomic E-state index is 12.6.